The Balaban J connectivity index is 1.44. The number of carboxylic acids is 1. The Morgan fingerprint density at radius 2 is 1.66 bits per heavy atom. The van der Waals surface area contributed by atoms with Crippen LogP contribution in [0.5, 0.6) is 0 Å². The first kappa shape index (κ1) is 21.1. The van der Waals surface area contributed by atoms with Crippen molar-refractivity contribution in [1.29, 1.82) is 5.26 Å². The van der Waals surface area contributed by atoms with Crippen LogP contribution >= 0.6 is 0 Å². The maximum absolute atomic E-state index is 12.6. The molecule has 32 heavy (non-hydrogen) atoms. The van der Waals surface area contributed by atoms with Crippen molar-refractivity contribution < 1.29 is 19.4 Å². The molecule has 0 aliphatic heterocycles. The van der Waals surface area contributed by atoms with Crippen LogP contribution in [-0.4, -0.2) is 29.8 Å². The van der Waals surface area contributed by atoms with Crippen molar-refractivity contribution in [1.82, 2.24) is 5.32 Å². The lowest BCUT2D eigenvalue weighted by atomic mass is 9.98. The highest BCUT2D eigenvalue weighted by Gasteiger charge is 2.29. The van der Waals surface area contributed by atoms with Crippen molar-refractivity contribution in [3.05, 3.63) is 95.1 Å². The van der Waals surface area contributed by atoms with E-state index in [1.807, 2.05) is 36.4 Å². The minimum Gasteiger partial charge on any atom is -0.481 e. The number of nitrogens with zero attached hydrogens (tertiary/aromatic N) is 1. The Labute approximate surface area is 186 Å². The normalized spacial score (nSPS) is 12.8. The second-order valence-corrected chi connectivity index (χ2v) is 7.78. The summed E-state index contributed by atoms with van der Waals surface area (Å²) in [6.07, 6.45) is -0.623. The van der Waals surface area contributed by atoms with Gasteiger partial charge in [0.25, 0.3) is 0 Å². The molecular formula is C26H22N2O4. The number of hydrogen-bond acceptors (Lipinski definition) is 4. The molecule has 0 fully saturated rings. The summed E-state index contributed by atoms with van der Waals surface area (Å²) in [5, 5.41) is 21.0. The molecule has 0 heterocycles. The number of amides is 1. The summed E-state index contributed by atoms with van der Waals surface area (Å²) in [6, 6.07) is 24.4. The van der Waals surface area contributed by atoms with Crippen molar-refractivity contribution in [3.8, 4) is 17.2 Å². The molecule has 3 aromatic rings. The standard InChI is InChI=1S/C26H22N2O4/c27-15-18-7-5-6-17(12-18)13-19(14-25(29)30)28-26(31)32-16-24-22-10-3-1-8-20(22)21-9-2-4-11-23(21)24/h1-12,19,24H,13-14,16H2,(H,28,31)(H,29,30)/t19-/m1/s1. The molecule has 3 aromatic carbocycles. The van der Waals surface area contributed by atoms with E-state index in [4.69, 9.17) is 10.00 Å². The Morgan fingerprint density at radius 3 is 2.28 bits per heavy atom. The lowest BCUT2D eigenvalue weighted by Gasteiger charge is -2.19. The minimum atomic E-state index is -1.02. The smallest absolute Gasteiger partial charge is 0.407 e. The maximum Gasteiger partial charge on any atom is 0.407 e. The first-order valence-corrected chi connectivity index (χ1v) is 10.4. The van der Waals surface area contributed by atoms with Crippen LogP contribution < -0.4 is 5.32 Å². The summed E-state index contributed by atoms with van der Waals surface area (Å²) in [6.45, 7) is 0.156. The van der Waals surface area contributed by atoms with Crippen LogP contribution in [-0.2, 0) is 16.0 Å². The maximum atomic E-state index is 12.6. The van der Waals surface area contributed by atoms with Crippen molar-refractivity contribution in [2.45, 2.75) is 24.8 Å². The fraction of sp³-hybridized carbons (Fsp3) is 0.192. The summed E-state index contributed by atoms with van der Waals surface area (Å²) in [7, 11) is 0. The molecule has 0 unspecified atom stereocenters. The van der Waals surface area contributed by atoms with Crippen LogP contribution in [0.3, 0.4) is 0 Å². The van der Waals surface area contributed by atoms with Crippen molar-refractivity contribution in [3.63, 3.8) is 0 Å². The highest BCUT2D eigenvalue weighted by molar-refractivity contribution is 5.79. The average Bonchev–Trinajstić information content (AvgIpc) is 3.11. The number of carbonyl (C=O) groups is 2. The fourth-order valence-corrected chi connectivity index (χ4v) is 4.24. The molecule has 6 nitrogen and oxygen atoms in total. The van der Waals surface area contributed by atoms with E-state index in [1.165, 1.54) is 0 Å². The molecule has 2 N–H and O–H groups in total. The van der Waals surface area contributed by atoms with Gasteiger partial charge in [-0.1, -0.05) is 60.7 Å². The third-order valence-electron chi connectivity index (χ3n) is 5.62. The number of ether oxygens (including phenoxy) is 1. The summed E-state index contributed by atoms with van der Waals surface area (Å²) < 4.78 is 5.54. The molecule has 0 saturated carbocycles. The fourth-order valence-electron chi connectivity index (χ4n) is 4.24. The Kier molecular flexibility index (Phi) is 6.18. The minimum absolute atomic E-state index is 0.0709. The van der Waals surface area contributed by atoms with E-state index in [1.54, 1.807) is 24.3 Å². The molecule has 0 aromatic heterocycles. The molecule has 1 amide bonds. The third-order valence-corrected chi connectivity index (χ3v) is 5.62. The highest BCUT2D eigenvalue weighted by atomic mass is 16.5. The molecule has 6 heteroatoms. The largest absolute Gasteiger partial charge is 0.481 e. The van der Waals surface area contributed by atoms with E-state index in [0.717, 1.165) is 27.8 Å². The third kappa shape index (κ3) is 4.62. The number of carbonyl (C=O) groups excluding carboxylic acids is 1. The summed E-state index contributed by atoms with van der Waals surface area (Å²) in [4.78, 5) is 23.9. The molecule has 0 saturated heterocycles. The second kappa shape index (κ2) is 9.36. The van der Waals surface area contributed by atoms with Gasteiger partial charge in [0.1, 0.15) is 6.61 Å². The quantitative estimate of drug-likeness (QED) is 0.580. The van der Waals surface area contributed by atoms with Gasteiger partial charge in [-0.25, -0.2) is 4.79 Å². The average molecular weight is 426 g/mol. The van der Waals surface area contributed by atoms with Gasteiger partial charge in [0.05, 0.1) is 18.1 Å². The van der Waals surface area contributed by atoms with Gasteiger partial charge in [0.2, 0.25) is 0 Å². The zero-order valence-electron chi connectivity index (χ0n) is 17.3. The highest BCUT2D eigenvalue weighted by Crippen LogP contribution is 2.44. The Hall–Kier alpha value is -4.11. The summed E-state index contributed by atoms with van der Waals surface area (Å²) >= 11 is 0. The number of benzene rings is 3. The molecular weight excluding hydrogens is 404 g/mol. The van der Waals surface area contributed by atoms with E-state index in [2.05, 4.69) is 23.5 Å². The monoisotopic (exact) mass is 426 g/mol. The van der Waals surface area contributed by atoms with Gasteiger partial charge >= 0.3 is 12.1 Å². The molecule has 0 spiro atoms. The first-order chi connectivity index (χ1) is 15.5. The number of fused-ring (bicyclic) bond motifs is 3. The van der Waals surface area contributed by atoms with Gasteiger partial charge < -0.3 is 15.2 Å². The molecule has 0 bridgehead atoms. The molecule has 0 radical (unpaired) electrons. The number of hydrogen-bond donors (Lipinski definition) is 2. The van der Waals surface area contributed by atoms with E-state index in [0.29, 0.717) is 5.56 Å². The number of rotatable bonds is 7. The van der Waals surface area contributed by atoms with E-state index >= 15 is 0 Å². The van der Waals surface area contributed by atoms with E-state index in [9.17, 15) is 14.7 Å². The molecule has 4 rings (SSSR count). The lowest BCUT2D eigenvalue weighted by molar-refractivity contribution is -0.137. The number of aliphatic carboxylic acids is 1. The zero-order chi connectivity index (χ0) is 22.5. The first-order valence-electron chi connectivity index (χ1n) is 10.4. The van der Waals surface area contributed by atoms with Crippen LogP contribution in [0.15, 0.2) is 72.8 Å². The molecule has 160 valence electrons. The van der Waals surface area contributed by atoms with Gasteiger partial charge in [-0.3, -0.25) is 4.79 Å². The molecule has 1 aliphatic rings. The van der Waals surface area contributed by atoms with Gasteiger partial charge in [0.15, 0.2) is 0 Å². The zero-order valence-corrected chi connectivity index (χ0v) is 17.3. The van der Waals surface area contributed by atoms with Crippen LogP contribution in [0, 0.1) is 11.3 Å². The van der Waals surface area contributed by atoms with Gasteiger partial charge in [0, 0.05) is 12.0 Å². The number of carboxylic acid groups (broad SMARTS) is 1. The topological polar surface area (TPSA) is 99.4 Å². The molecule has 1 aliphatic carbocycles. The number of alkyl carbamates (subject to hydrolysis) is 1. The Bertz CT molecular complexity index is 1150. The van der Waals surface area contributed by atoms with Crippen LogP contribution in [0.25, 0.3) is 11.1 Å². The lowest BCUT2D eigenvalue weighted by Crippen LogP contribution is -2.39. The number of nitrogens with one attached hydrogen (secondary N) is 1. The Morgan fingerprint density at radius 1 is 1.00 bits per heavy atom. The van der Waals surface area contributed by atoms with Crippen molar-refractivity contribution in [2.75, 3.05) is 6.61 Å². The van der Waals surface area contributed by atoms with Gasteiger partial charge in [-0.05, 0) is 46.4 Å². The van der Waals surface area contributed by atoms with Gasteiger partial charge in [-0.2, -0.15) is 5.26 Å². The van der Waals surface area contributed by atoms with Crippen molar-refractivity contribution in [2.24, 2.45) is 0 Å². The van der Waals surface area contributed by atoms with Gasteiger partial charge in [-0.15, -0.1) is 0 Å². The second-order valence-electron chi connectivity index (χ2n) is 7.78. The predicted molar refractivity (Wildman–Crippen MR) is 119 cm³/mol. The summed E-state index contributed by atoms with van der Waals surface area (Å²) in [5.74, 6) is -1.09. The van der Waals surface area contributed by atoms with E-state index < -0.39 is 18.1 Å². The van der Waals surface area contributed by atoms with E-state index in [-0.39, 0.29) is 25.4 Å². The number of nitriles is 1. The molecule has 1 atom stereocenters. The van der Waals surface area contributed by atoms with Crippen LogP contribution in [0.2, 0.25) is 0 Å². The SMILES string of the molecule is N#Cc1cccc(C[C@H](CC(=O)O)NC(=O)OCC2c3ccccc3-c3ccccc32)c1. The van der Waals surface area contributed by atoms with Crippen LogP contribution in [0.4, 0.5) is 4.79 Å². The van der Waals surface area contributed by atoms with Crippen molar-refractivity contribution >= 4 is 12.1 Å². The predicted octanol–water partition coefficient (Wildman–Crippen LogP) is 4.48. The van der Waals surface area contributed by atoms with Crippen LogP contribution in [0.1, 0.15) is 34.6 Å². The summed E-state index contributed by atoms with van der Waals surface area (Å²) in [5.41, 5.74) is 5.75.